The minimum atomic E-state index is -0.196. The van der Waals surface area contributed by atoms with Crippen LogP contribution in [-0.4, -0.2) is 20.8 Å². The number of pyridine rings is 1. The fourth-order valence-corrected chi connectivity index (χ4v) is 2.62. The second kappa shape index (κ2) is 5.32. The zero-order chi connectivity index (χ0) is 13.9. The van der Waals surface area contributed by atoms with E-state index in [9.17, 15) is 4.79 Å². The molecule has 1 aliphatic carbocycles. The number of aryl methyl sites for hydroxylation is 1. The summed E-state index contributed by atoms with van der Waals surface area (Å²) in [5, 5.41) is 10.1. The number of nitrogens with zero attached hydrogens (tertiary/aromatic N) is 3. The lowest BCUT2D eigenvalue weighted by molar-refractivity contribution is 0.247. The second-order valence-electron chi connectivity index (χ2n) is 4.95. The highest BCUT2D eigenvalue weighted by Crippen LogP contribution is 2.29. The molecule has 6 nitrogen and oxygen atoms in total. The van der Waals surface area contributed by atoms with Gasteiger partial charge in [-0.05, 0) is 31.4 Å². The van der Waals surface area contributed by atoms with Gasteiger partial charge in [-0.25, -0.2) is 4.79 Å². The minimum Gasteiger partial charge on any atom is -0.331 e. The number of carbonyl (C=O) groups excluding carboxylic acids is 1. The Morgan fingerprint density at radius 1 is 1.40 bits per heavy atom. The van der Waals surface area contributed by atoms with Gasteiger partial charge >= 0.3 is 6.03 Å². The quantitative estimate of drug-likeness (QED) is 0.877. The van der Waals surface area contributed by atoms with Gasteiger partial charge in [-0.3, -0.25) is 9.67 Å². The van der Waals surface area contributed by atoms with Gasteiger partial charge in [-0.15, -0.1) is 0 Å². The third-order valence-corrected chi connectivity index (χ3v) is 3.62. The van der Waals surface area contributed by atoms with E-state index in [4.69, 9.17) is 0 Å². The van der Waals surface area contributed by atoms with Crippen molar-refractivity contribution in [3.8, 4) is 0 Å². The van der Waals surface area contributed by atoms with Crippen LogP contribution >= 0.6 is 0 Å². The number of carbonyl (C=O) groups is 1. The van der Waals surface area contributed by atoms with Gasteiger partial charge in [-0.1, -0.05) is 0 Å². The number of aromatic nitrogens is 3. The Labute approximate surface area is 117 Å². The van der Waals surface area contributed by atoms with Gasteiger partial charge in [0.1, 0.15) is 0 Å². The lowest BCUT2D eigenvalue weighted by atomic mass is 9.93. The molecule has 0 aromatic carbocycles. The minimum absolute atomic E-state index is 0.0364. The van der Waals surface area contributed by atoms with E-state index >= 15 is 0 Å². The first-order valence-electron chi connectivity index (χ1n) is 6.72. The van der Waals surface area contributed by atoms with E-state index in [1.54, 1.807) is 24.5 Å². The Morgan fingerprint density at radius 3 is 3.00 bits per heavy atom. The first-order chi connectivity index (χ1) is 9.74. The van der Waals surface area contributed by atoms with Crippen molar-refractivity contribution in [3.63, 3.8) is 0 Å². The predicted octanol–water partition coefficient (Wildman–Crippen LogP) is 2.01. The molecule has 2 heterocycles. The summed E-state index contributed by atoms with van der Waals surface area (Å²) in [4.78, 5) is 15.9. The lowest BCUT2D eigenvalue weighted by Crippen LogP contribution is -2.34. The summed E-state index contributed by atoms with van der Waals surface area (Å²) in [6.07, 6.45) is 8.18. The molecule has 2 aromatic rings. The molecule has 0 fully saturated rings. The molecule has 0 bridgehead atoms. The van der Waals surface area contributed by atoms with Gasteiger partial charge in [0.2, 0.25) is 0 Å². The number of fused-ring (bicyclic) bond motifs is 1. The normalized spacial score (nSPS) is 17.4. The van der Waals surface area contributed by atoms with Crippen LogP contribution in [0.2, 0.25) is 0 Å². The Morgan fingerprint density at radius 2 is 2.20 bits per heavy atom. The molecule has 2 N–H and O–H groups in total. The van der Waals surface area contributed by atoms with Gasteiger partial charge in [-0.2, -0.15) is 5.10 Å². The summed E-state index contributed by atoms with van der Waals surface area (Å²) in [6.45, 7) is 0. The molecule has 1 aliphatic rings. The third kappa shape index (κ3) is 2.49. The molecule has 2 aromatic heterocycles. The molecule has 0 spiro atoms. The SMILES string of the molecule is Cn1ncc2c1CCC[C@@H]2NC(=O)Nc1ccncc1. The summed E-state index contributed by atoms with van der Waals surface area (Å²) < 4.78 is 1.89. The molecule has 3 rings (SSSR count). The van der Waals surface area contributed by atoms with Crippen LogP contribution in [0.15, 0.2) is 30.7 Å². The zero-order valence-corrected chi connectivity index (χ0v) is 11.3. The fourth-order valence-electron chi connectivity index (χ4n) is 2.62. The Bertz CT molecular complexity index is 607. The molecule has 6 heteroatoms. The van der Waals surface area contributed by atoms with Gasteiger partial charge in [0.05, 0.1) is 12.2 Å². The van der Waals surface area contributed by atoms with Crippen molar-refractivity contribution in [3.05, 3.63) is 42.0 Å². The van der Waals surface area contributed by atoms with Crippen LogP contribution in [0.5, 0.6) is 0 Å². The molecule has 0 unspecified atom stereocenters. The highest BCUT2D eigenvalue weighted by molar-refractivity contribution is 5.89. The number of hydrogen-bond donors (Lipinski definition) is 2. The van der Waals surface area contributed by atoms with E-state index in [0.717, 1.165) is 30.5 Å². The number of nitrogens with one attached hydrogen (secondary N) is 2. The summed E-state index contributed by atoms with van der Waals surface area (Å²) in [7, 11) is 1.94. The Balaban J connectivity index is 1.68. The highest BCUT2D eigenvalue weighted by atomic mass is 16.2. The molecule has 0 saturated carbocycles. The van der Waals surface area contributed by atoms with Gasteiger partial charge < -0.3 is 10.6 Å². The fraction of sp³-hybridized carbons (Fsp3) is 0.357. The van der Waals surface area contributed by atoms with Crippen LogP contribution in [0, 0.1) is 0 Å². The van der Waals surface area contributed by atoms with Gasteiger partial charge in [0, 0.05) is 36.4 Å². The van der Waals surface area contributed by atoms with Gasteiger partial charge in [0.25, 0.3) is 0 Å². The smallest absolute Gasteiger partial charge is 0.319 e. The van der Waals surface area contributed by atoms with Crippen molar-refractivity contribution >= 4 is 11.7 Å². The van der Waals surface area contributed by atoms with E-state index in [0.29, 0.717) is 0 Å². The van der Waals surface area contributed by atoms with Crippen molar-refractivity contribution in [2.75, 3.05) is 5.32 Å². The number of rotatable bonds is 2. The van der Waals surface area contributed by atoms with E-state index in [1.165, 1.54) is 5.69 Å². The van der Waals surface area contributed by atoms with Crippen LogP contribution in [0.1, 0.15) is 30.1 Å². The first kappa shape index (κ1) is 12.7. The van der Waals surface area contributed by atoms with E-state index in [-0.39, 0.29) is 12.1 Å². The van der Waals surface area contributed by atoms with Crippen molar-refractivity contribution < 1.29 is 4.79 Å². The topological polar surface area (TPSA) is 71.8 Å². The standard InChI is InChI=1S/C14H17N5O/c1-19-13-4-2-3-12(11(13)9-16-19)18-14(20)17-10-5-7-15-8-6-10/h5-9,12H,2-4H2,1H3,(H2,15,17,18,20)/t12-/m0/s1. The van der Waals surface area contributed by atoms with Crippen molar-refractivity contribution in [2.24, 2.45) is 7.05 Å². The van der Waals surface area contributed by atoms with Crippen molar-refractivity contribution in [2.45, 2.75) is 25.3 Å². The maximum atomic E-state index is 12.0. The van der Waals surface area contributed by atoms with Crippen LogP contribution in [0.4, 0.5) is 10.5 Å². The van der Waals surface area contributed by atoms with Crippen LogP contribution < -0.4 is 10.6 Å². The molecule has 104 valence electrons. The maximum Gasteiger partial charge on any atom is 0.319 e. The third-order valence-electron chi connectivity index (χ3n) is 3.62. The summed E-state index contributed by atoms with van der Waals surface area (Å²) in [5.41, 5.74) is 3.08. The molecular weight excluding hydrogens is 254 g/mol. The first-order valence-corrected chi connectivity index (χ1v) is 6.72. The average Bonchev–Trinajstić information content (AvgIpc) is 2.83. The summed E-state index contributed by atoms with van der Waals surface area (Å²) in [5.74, 6) is 0. The summed E-state index contributed by atoms with van der Waals surface area (Å²) >= 11 is 0. The van der Waals surface area contributed by atoms with Crippen molar-refractivity contribution in [1.82, 2.24) is 20.1 Å². The molecule has 1 atom stereocenters. The predicted molar refractivity (Wildman–Crippen MR) is 75.3 cm³/mol. The van der Waals surface area contributed by atoms with E-state index in [2.05, 4.69) is 20.7 Å². The van der Waals surface area contributed by atoms with Crippen LogP contribution in [0.25, 0.3) is 0 Å². The zero-order valence-electron chi connectivity index (χ0n) is 11.3. The highest BCUT2D eigenvalue weighted by Gasteiger charge is 2.24. The molecule has 0 saturated heterocycles. The van der Waals surface area contributed by atoms with Crippen LogP contribution in [-0.2, 0) is 13.5 Å². The monoisotopic (exact) mass is 271 g/mol. The molecular formula is C14H17N5O. The number of hydrogen-bond acceptors (Lipinski definition) is 3. The van der Waals surface area contributed by atoms with E-state index < -0.39 is 0 Å². The maximum absolute atomic E-state index is 12.0. The van der Waals surface area contributed by atoms with E-state index in [1.807, 2.05) is 17.9 Å². The Kier molecular flexibility index (Phi) is 3.37. The molecule has 0 radical (unpaired) electrons. The molecule has 2 amide bonds. The summed E-state index contributed by atoms with van der Waals surface area (Å²) in [6, 6.07) is 3.36. The average molecular weight is 271 g/mol. The lowest BCUT2D eigenvalue weighted by Gasteiger charge is -2.23. The number of amides is 2. The molecule has 20 heavy (non-hydrogen) atoms. The van der Waals surface area contributed by atoms with Gasteiger partial charge in [0.15, 0.2) is 0 Å². The second-order valence-corrected chi connectivity index (χ2v) is 4.95. The van der Waals surface area contributed by atoms with Crippen LogP contribution in [0.3, 0.4) is 0 Å². The number of urea groups is 1. The Hall–Kier alpha value is -2.37. The molecule has 0 aliphatic heterocycles. The van der Waals surface area contributed by atoms with Crippen molar-refractivity contribution in [1.29, 1.82) is 0 Å². The largest absolute Gasteiger partial charge is 0.331 e. The number of anilines is 1.